The molecule has 1 aromatic rings. The Morgan fingerprint density at radius 2 is 2.17 bits per heavy atom. The lowest BCUT2D eigenvalue weighted by Crippen LogP contribution is -2.47. The van der Waals surface area contributed by atoms with Crippen LogP contribution in [0.5, 0.6) is 0 Å². The number of thiophene rings is 1. The van der Waals surface area contributed by atoms with Crippen molar-refractivity contribution in [3.63, 3.8) is 0 Å². The van der Waals surface area contributed by atoms with Crippen LogP contribution in [0.2, 0.25) is 0 Å². The number of hydrogen-bond donors (Lipinski definition) is 2. The molecule has 9 heteroatoms. The number of carbonyl (C=O) groups is 1. The molecule has 1 atom stereocenters. The number of aliphatic hydroxyl groups is 1. The summed E-state index contributed by atoms with van der Waals surface area (Å²) in [5.74, 6) is 0.0515. The molecule has 7 nitrogen and oxygen atoms in total. The van der Waals surface area contributed by atoms with Gasteiger partial charge in [0.1, 0.15) is 0 Å². The molecule has 1 fully saturated rings. The molecular formula is C15H25N3O4S2. The predicted molar refractivity (Wildman–Crippen MR) is 94.0 cm³/mol. The van der Waals surface area contributed by atoms with Crippen LogP contribution in [0.1, 0.15) is 24.1 Å². The van der Waals surface area contributed by atoms with Crippen LogP contribution >= 0.6 is 11.3 Å². The maximum Gasteiger partial charge on any atom is 0.279 e. The number of likely N-dealkylation sites (tertiary alicyclic amines) is 1. The van der Waals surface area contributed by atoms with Gasteiger partial charge in [-0.1, -0.05) is 6.07 Å². The van der Waals surface area contributed by atoms with Crippen LogP contribution in [0.25, 0.3) is 0 Å². The van der Waals surface area contributed by atoms with Crippen molar-refractivity contribution < 1.29 is 18.3 Å². The molecule has 2 heterocycles. The van der Waals surface area contributed by atoms with Gasteiger partial charge in [0.25, 0.3) is 10.2 Å². The summed E-state index contributed by atoms with van der Waals surface area (Å²) in [7, 11) is -0.698. The Labute approximate surface area is 147 Å². The first-order valence-electron chi connectivity index (χ1n) is 7.91. The Bertz CT molecular complexity index is 646. The van der Waals surface area contributed by atoms with Crippen LogP contribution in [-0.4, -0.2) is 68.0 Å². The molecule has 136 valence electrons. The topological polar surface area (TPSA) is 89.9 Å². The Morgan fingerprint density at radius 1 is 1.42 bits per heavy atom. The predicted octanol–water partition coefficient (Wildman–Crippen LogP) is 0.430. The molecule has 0 radical (unpaired) electrons. The summed E-state index contributed by atoms with van der Waals surface area (Å²) < 4.78 is 27.1. The number of amides is 1. The van der Waals surface area contributed by atoms with Crippen molar-refractivity contribution in [3.05, 3.63) is 22.4 Å². The minimum atomic E-state index is -3.57. The van der Waals surface area contributed by atoms with Gasteiger partial charge in [-0.05, 0) is 30.7 Å². The molecule has 1 unspecified atom stereocenters. The van der Waals surface area contributed by atoms with Crippen molar-refractivity contribution in [2.24, 2.45) is 0 Å². The molecule has 1 aliphatic heterocycles. The van der Waals surface area contributed by atoms with E-state index in [9.17, 15) is 18.3 Å². The van der Waals surface area contributed by atoms with Gasteiger partial charge in [-0.15, -0.1) is 11.3 Å². The molecule has 1 aliphatic rings. The first-order chi connectivity index (χ1) is 11.2. The summed E-state index contributed by atoms with van der Waals surface area (Å²) in [6, 6.07) is 3.86. The van der Waals surface area contributed by atoms with Crippen LogP contribution in [0.4, 0.5) is 0 Å². The number of nitrogens with zero attached hydrogens (tertiary/aromatic N) is 2. The molecule has 24 heavy (non-hydrogen) atoms. The van der Waals surface area contributed by atoms with Gasteiger partial charge in [0.15, 0.2) is 0 Å². The van der Waals surface area contributed by atoms with Crippen molar-refractivity contribution in [2.75, 3.05) is 33.7 Å². The first-order valence-corrected chi connectivity index (χ1v) is 10.2. The quantitative estimate of drug-likeness (QED) is 0.755. The van der Waals surface area contributed by atoms with E-state index in [4.69, 9.17) is 0 Å². The maximum absolute atomic E-state index is 12.4. The highest BCUT2D eigenvalue weighted by molar-refractivity contribution is 7.87. The van der Waals surface area contributed by atoms with Crippen LogP contribution in [0.3, 0.4) is 0 Å². The molecular weight excluding hydrogens is 350 g/mol. The highest BCUT2D eigenvalue weighted by Gasteiger charge is 2.33. The van der Waals surface area contributed by atoms with Crippen molar-refractivity contribution in [2.45, 2.75) is 31.3 Å². The normalized spacial score (nSPS) is 22.6. The van der Waals surface area contributed by atoms with E-state index < -0.39 is 15.8 Å². The van der Waals surface area contributed by atoms with Crippen LogP contribution in [0.15, 0.2) is 17.5 Å². The monoisotopic (exact) mass is 375 g/mol. The van der Waals surface area contributed by atoms with Gasteiger partial charge < -0.3 is 10.0 Å². The second kappa shape index (κ2) is 7.92. The second-order valence-corrected chi connectivity index (χ2v) is 9.32. The summed E-state index contributed by atoms with van der Waals surface area (Å²) in [6.45, 7) is 0.984. The minimum Gasteiger partial charge on any atom is -0.388 e. The number of carbonyl (C=O) groups excluding carboxylic acids is 1. The lowest BCUT2D eigenvalue weighted by atomic mass is 9.95. The molecule has 0 spiro atoms. The van der Waals surface area contributed by atoms with E-state index >= 15 is 0 Å². The van der Waals surface area contributed by atoms with Gasteiger partial charge in [-0.3, -0.25) is 4.79 Å². The third-order valence-electron chi connectivity index (χ3n) is 4.24. The fraction of sp³-hybridized carbons (Fsp3) is 0.667. The van der Waals surface area contributed by atoms with E-state index in [1.165, 1.54) is 14.1 Å². The van der Waals surface area contributed by atoms with Gasteiger partial charge in [0.05, 0.1) is 12.0 Å². The van der Waals surface area contributed by atoms with Crippen molar-refractivity contribution in [1.82, 2.24) is 13.9 Å². The molecule has 2 N–H and O–H groups in total. The Kier molecular flexibility index (Phi) is 6.38. The molecule has 0 bridgehead atoms. The zero-order valence-electron chi connectivity index (χ0n) is 14.1. The Morgan fingerprint density at radius 3 is 2.79 bits per heavy atom. The third-order valence-corrected chi connectivity index (χ3v) is 6.59. The zero-order chi connectivity index (χ0) is 17.8. The van der Waals surface area contributed by atoms with Crippen molar-refractivity contribution in [3.8, 4) is 0 Å². The fourth-order valence-corrected chi connectivity index (χ4v) is 4.04. The lowest BCUT2D eigenvalue weighted by molar-refractivity contribution is -0.130. The third kappa shape index (κ3) is 5.25. The van der Waals surface area contributed by atoms with Gasteiger partial charge in [-0.25, -0.2) is 0 Å². The Balaban J connectivity index is 1.90. The number of rotatable bonds is 6. The highest BCUT2D eigenvalue weighted by atomic mass is 32.2. The van der Waals surface area contributed by atoms with E-state index in [0.29, 0.717) is 38.8 Å². The van der Waals surface area contributed by atoms with E-state index in [2.05, 4.69) is 4.72 Å². The van der Waals surface area contributed by atoms with Gasteiger partial charge >= 0.3 is 0 Å². The smallest absolute Gasteiger partial charge is 0.279 e. The maximum atomic E-state index is 12.4. The van der Waals surface area contributed by atoms with Crippen molar-refractivity contribution >= 4 is 27.5 Å². The number of hydrogen-bond acceptors (Lipinski definition) is 5. The first kappa shape index (κ1) is 19.3. The summed E-state index contributed by atoms with van der Waals surface area (Å²) in [4.78, 5) is 15.2. The van der Waals surface area contributed by atoms with E-state index in [0.717, 1.165) is 9.18 Å². The summed E-state index contributed by atoms with van der Waals surface area (Å²) in [5.41, 5.74) is -1.12. The molecule has 0 aliphatic carbocycles. The van der Waals surface area contributed by atoms with Gasteiger partial charge in [0.2, 0.25) is 5.91 Å². The van der Waals surface area contributed by atoms with Crippen LogP contribution in [-0.2, 0) is 21.4 Å². The zero-order valence-corrected chi connectivity index (χ0v) is 15.7. The number of nitrogens with one attached hydrogen (secondary N) is 1. The Hall–Kier alpha value is -1.000. The molecule has 1 amide bonds. The van der Waals surface area contributed by atoms with E-state index in [-0.39, 0.29) is 12.5 Å². The SMILES string of the molecule is CN(C)S(=O)(=O)NCC1(O)CCCN(C(=O)Cc2cccs2)CC1. The average Bonchev–Trinajstić information content (AvgIpc) is 2.93. The average molecular weight is 376 g/mol. The summed E-state index contributed by atoms with van der Waals surface area (Å²) >= 11 is 1.56. The second-order valence-electron chi connectivity index (χ2n) is 6.32. The fourth-order valence-electron chi connectivity index (χ4n) is 2.63. The summed E-state index contributed by atoms with van der Waals surface area (Å²) in [6.07, 6.45) is 1.85. The molecule has 1 aromatic heterocycles. The van der Waals surface area contributed by atoms with Crippen LogP contribution in [0, 0.1) is 0 Å². The van der Waals surface area contributed by atoms with E-state index in [1.54, 1.807) is 16.2 Å². The van der Waals surface area contributed by atoms with Crippen LogP contribution < -0.4 is 4.72 Å². The van der Waals surface area contributed by atoms with Crippen molar-refractivity contribution in [1.29, 1.82) is 0 Å². The van der Waals surface area contributed by atoms with E-state index in [1.807, 2.05) is 17.5 Å². The lowest BCUT2D eigenvalue weighted by Gasteiger charge is -2.27. The standard InChI is InChI=1S/C15H25N3O4S2/c1-17(2)24(21,22)16-12-15(20)6-4-8-18(9-7-15)14(19)11-13-5-3-10-23-13/h3,5,10,16,20H,4,6-9,11-12H2,1-2H3. The molecule has 0 aromatic carbocycles. The van der Waals surface area contributed by atoms with Gasteiger partial charge in [-0.2, -0.15) is 17.4 Å². The molecule has 2 rings (SSSR count). The van der Waals surface area contributed by atoms with Gasteiger partial charge in [0, 0.05) is 38.6 Å². The summed E-state index contributed by atoms with van der Waals surface area (Å²) in [5, 5.41) is 12.6. The largest absolute Gasteiger partial charge is 0.388 e. The molecule has 1 saturated heterocycles. The highest BCUT2D eigenvalue weighted by Crippen LogP contribution is 2.23. The minimum absolute atomic E-state index is 0.0412. The molecule has 0 saturated carbocycles.